The lowest BCUT2D eigenvalue weighted by atomic mass is 9.86. The Morgan fingerprint density at radius 3 is 2.47 bits per heavy atom. The van der Waals surface area contributed by atoms with E-state index in [0.29, 0.717) is 0 Å². The molecule has 0 atom stereocenters. The molecule has 92 valence electrons. The topological polar surface area (TPSA) is 4.93 Å². The van der Waals surface area contributed by atoms with E-state index in [1.54, 1.807) is 6.07 Å². The number of nitrogens with zero attached hydrogens (tertiary/aromatic N) is 1. The monoisotopic (exact) mass is 345 g/mol. The molecule has 0 saturated heterocycles. The maximum Gasteiger partial charge on any atom is 0.133 e. The molecular formula is C14H17FIN. The summed E-state index contributed by atoms with van der Waals surface area (Å²) in [5, 5.41) is 0.768. The minimum atomic E-state index is -0.0975. The van der Waals surface area contributed by atoms with Crippen LogP contribution in [-0.4, -0.2) is 2.78 Å². The van der Waals surface area contributed by atoms with Gasteiger partial charge >= 0.3 is 0 Å². The smallest absolute Gasteiger partial charge is 0.133 e. The van der Waals surface area contributed by atoms with Gasteiger partial charge in [0.25, 0.3) is 0 Å². The van der Waals surface area contributed by atoms with Gasteiger partial charge in [0.05, 0.1) is 28.4 Å². The number of halogens is 2. The molecule has 17 heavy (non-hydrogen) atoms. The molecule has 0 aliphatic carbocycles. The maximum absolute atomic E-state index is 14.2. The van der Waals surface area contributed by atoms with E-state index in [1.165, 1.54) is 0 Å². The van der Waals surface area contributed by atoms with E-state index in [-0.39, 0.29) is 11.2 Å². The Labute approximate surface area is 116 Å². The molecule has 2 rings (SSSR count). The molecule has 1 aromatic heterocycles. The minimum Gasteiger partial charge on any atom is -0.289 e. The Morgan fingerprint density at radius 1 is 1.29 bits per heavy atom. The van der Waals surface area contributed by atoms with E-state index >= 15 is 0 Å². The van der Waals surface area contributed by atoms with Crippen molar-refractivity contribution in [2.75, 3.05) is 0 Å². The van der Waals surface area contributed by atoms with Crippen molar-refractivity contribution < 1.29 is 4.39 Å². The van der Waals surface area contributed by atoms with E-state index in [4.69, 9.17) is 0 Å². The highest BCUT2D eigenvalue weighted by molar-refractivity contribution is 14.1. The largest absolute Gasteiger partial charge is 0.289 e. The van der Waals surface area contributed by atoms with Gasteiger partial charge in [-0.15, -0.1) is 0 Å². The second-order valence-electron chi connectivity index (χ2n) is 5.43. The Morgan fingerprint density at radius 2 is 1.94 bits per heavy atom. The Bertz CT molecular complexity index is 564. The molecule has 0 amide bonds. The third kappa shape index (κ3) is 2.21. The maximum atomic E-state index is 14.2. The van der Waals surface area contributed by atoms with Crippen LogP contribution in [0.1, 0.15) is 38.8 Å². The van der Waals surface area contributed by atoms with Crippen LogP contribution in [0.25, 0.3) is 10.9 Å². The van der Waals surface area contributed by atoms with Crippen LogP contribution in [0.3, 0.4) is 0 Å². The van der Waals surface area contributed by atoms with Crippen molar-refractivity contribution in [1.82, 2.24) is 2.78 Å². The summed E-state index contributed by atoms with van der Waals surface area (Å²) in [5.41, 5.74) is 3.06. The van der Waals surface area contributed by atoms with Crippen LogP contribution >= 0.6 is 22.9 Å². The number of fused-ring (bicyclic) bond motifs is 1. The van der Waals surface area contributed by atoms with Gasteiger partial charge in [0.15, 0.2) is 0 Å². The van der Waals surface area contributed by atoms with E-state index < -0.39 is 0 Å². The van der Waals surface area contributed by atoms with Crippen molar-refractivity contribution in [3.8, 4) is 0 Å². The standard InChI is InChI=1S/C14H17FIN/c1-5-9-6-11(15)13-10(14(2,3)4)8-17(16)12(13)7-9/h6-8H,5H2,1-4H3. The van der Waals surface area contributed by atoms with Crippen LogP contribution in [0.4, 0.5) is 4.39 Å². The molecule has 0 N–H and O–H groups in total. The Hall–Kier alpha value is -0.580. The fraction of sp³-hybridized carbons (Fsp3) is 0.429. The van der Waals surface area contributed by atoms with Gasteiger partial charge in [-0.2, -0.15) is 0 Å². The third-order valence-electron chi connectivity index (χ3n) is 3.09. The van der Waals surface area contributed by atoms with E-state index in [1.807, 2.05) is 15.9 Å². The SMILES string of the molecule is CCc1cc(F)c2c(C(C)(C)C)cn(I)c2c1. The average molecular weight is 345 g/mol. The summed E-state index contributed by atoms with van der Waals surface area (Å²) in [4.78, 5) is 0. The minimum absolute atomic E-state index is 0.0384. The molecule has 1 aromatic carbocycles. The number of rotatable bonds is 1. The first-order chi connectivity index (χ1) is 7.84. The highest BCUT2D eigenvalue weighted by atomic mass is 127. The van der Waals surface area contributed by atoms with Crippen molar-refractivity contribution in [2.45, 2.75) is 39.5 Å². The Balaban J connectivity index is 2.83. The predicted octanol–water partition coefficient (Wildman–Crippen LogP) is 4.84. The normalized spacial score (nSPS) is 12.4. The van der Waals surface area contributed by atoms with Crippen LogP contribution < -0.4 is 0 Å². The number of hydrogen-bond donors (Lipinski definition) is 0. The molecule has 0 spiro atoms. The van der Waals surface area contributed by atoms with Crippen LogP contribution in [0.2, 0.25) is 0 Å². The van der Waals surface area contributed by atoms with Gasteiger partial charge in [-0.1, -0.05) is 27.7 Å². The van der Waals surface area contributed by atoms with Gasteiger partial charge in [0.1, 0.15) is 5.82 Å². The average Bonchev–Trinajstić information content (AvgIpc) is 2.56. The second kappa shape index (κ2) is 4.26. The van der Waals surface area contributed by atoms with Crippen molar-refractivity contribution in [2.24, 2.45) is 0 Å². The number of hydrogen-bond acceptors (Lipinski definition) is 0. The third-order valence-corrected chi connectivity index (χ3v) is 3.89. The zero-order chi connectivity index (χ0) is 12.8. The van der Waals surface area contributed by atoms with Crippen molar-refractivity contribution in [1.29, 1.82) is 0 Å². The van der Waals surface area contributed by atoms with E-state index in [2.05, 4.69) is 49.7 Å². The summed E-state index contributed by atoms with van der Waals surface area (Å²) < 4.78 is 16.2. The van der Waals surface area contributed by atoms with Gasteiger partial charge in [0, 0.05) is 11.6 Å². The van der Waals surface area contributed by atoms with Crippen LogP contribution in [0.5, 0.6) is 0 Å². The summed E-state index contributed by atoms with van der Waals surface area (Å²) in [6, 6.07) is 3.74. The molecule has 2 aromatic rings. The van der Waals surface area contributed by atoms with Crippen LogP contribution in [0.15, 0.2) is 18.3 Å². The van der Waals surface area contributed by atoms with Crippen LogP contribution in [-0.2, 0) is 11.8 Å². The summed E-state index contributed by atoms with van der Waals surface area (Å²) in [6.45, 7) is 8.40. The number of aryl methyl sites for hydroxylation is 1. The molecule has 0 bridgehead atoms. The quantitative estimate of drug-likeness (QED) is 0.652. The highest BCUT2D eigenvalue weighted by Gasteiger charge is 2.22. The van der Waals surface area contributed by atoms with Gasteiger partial charge < -0.3 is 0 Å². The molecule has 1 heterocycles. The van der Waals surface area contributed by atoms with Gasteiger partial charge in [-0.3, -0.25) is 2.78 Å². The Kier molecular flexibility index (Phi) is 3.23. The van der Waals surface area contributed by atoms with Crippen molar-refractivity contribution in [3.05, 3.63) is 35.3 Å². The lowest BCUT2D eigenvalue weighted by Gasteiger charge is -2.17. The first-order valence-electron chi connectivity index (χ1n) is 5.84. The van der Waals surface area contributed by atoms with Gasteiger partial charge in [0.2, 0.25) is 0 Å². The van der Waals surface area contributed by atoms with E-state index in [0.717, 1.165) is 28.5 Å². The molecule has 0 saturated carbocycles. The summed E-state index contributed by atoms with van der Waals surface area (Å²) >= 11 is 2.22. The summed E-state index contributed by atoms with van der Waals surface area (Å²) in [5.74, 6) is -0.0975. The second-order valence-corrected chi connectivity index (χ2v) is 6.47. The molecular weight excluding hydrogens is 328 g/mol. The van der Waals surface area contributed by atoms with Crippen LogP contribution in [0, 0.1) is 5.82 Å². The molecule has 0 radical (unpaired) electrons. The lowest BCUT2D eigenvalue weighted by Crippen LogP contribution is -2.10. The van der Waals surface area contributed by atoms with Gasteiger partial charge in [-0.05, 0) is 35.1 Å². The molecule has 3 heteroatoms. The summed E-state index contributed by atoms with van der Waals surface area (Å²) in [6.07, 6.45) is 2.90. The van der Waals surface area contributed by atoms with E-state index in [9.17, 15) is 4.39 Å². The fourth-order valence-electron chi connectivity index (χ4n) is 2.10. The highest BCUT2D eigenvalue weighted by Crippen LogP contribution is 2.35. The molecule has 0 fully saturated rings. The zero-order valence-electron chi connectivity index (χ0n) is 10.6. The molecule has 0 aliphatic rings. The molecule has 0 unspecified atom stereocenters. The molecule has 0 aliphatic heterocycles. The van der Waals surface area contributed by atoms with Crippen molar-refractivity contribution >= 4 is 33.8 Å². The van der Waals surface area contributed by atoms with Gasteiger partial charge in [-0.25, -0.2) is 4.39 Å². The van der Waals surface area contributed by atoms with Crippen molar-refractivity contribution in [3.63, 3.8) is 0 Å². The molecule has 1 nitrogen and oxygen atoms in total. The predicted molar refractivity (Wildman–Crippen MR) is 79.4 cm³/mol. The fourth-order valence-corrected chi connectivity index (χ4v) is 2.76. The first kappa shape index (κ1) is 12.9. The first-order valence-corrected chi connectivity index (χ1v) is 6.81. The summed E-state index contributed by atoms with van der Waals surface area (Å²) in [7, 11) is 0. The number of benzene rings is 1. The lowest BCUT2D eigenvalue weighted by molar-refractivity contribution is 0.587. The zero-order valence-corrected chi connectivity index (χ0v) is 12.8. The number of aromatic nitrogens is 1.